The molecule has 0 radical (unpaired) electrons. The van der Waals surface area contributed by atoms with Crippen LogP contribution in [-0.2, 0) is 22.3 Å². The first-order chi connectivity index (χ1) is 11.3. The maximum atomic E-state index is 6.05. The fourth-order valence-electron chi connectivity index (χ4n) is 4.46. The summed E-state index contributed by atoms with van der Waals surface area (Å²) in [6.07, 6.45) is 8.62. The predicted octanol–water partition coefficient (Wildman–Crippen LogP) is 3.19. The summed E-state index contributed by atoms with van der Waals surface area (Å²) in [6.45, 7) is 2.89. The Kier molecular flexibility index (Phi) is 4.41. The largest absolute Gasteiger partial charge is 0.491 e. The molecule has 3 atom stereocenters. The molecule has 1 aliphatic carbocycles. The molecule has 4 aliphatic rings. The monoisotopic (exact) mass is 313 g/mol. The van der Waals surface area contributed by atoms with E-state index in [0.29, 0.717) is 12.6 Å². The lowest BCUT2D eigenvalue weighted by Crippen LogP contribution is -2.47. The van der Waals surface area contributed by atoms with Crippen LogP contribution in [0.25, 0.3) is 0 Å². The second kappa shape index (κ2) is 6.66. The summed E-state index contributed by atoms with van der Waals surface area (Å²) in [6, 6.07) is 9.71. The van der Waals surface area contributed by atoms with E-state index in [9.17, 15) is 0 Å². The smallest absolute Gasteiger partial charge is 0.125 e. The molecular formula is C20H27NO2. The van der Waals surface area contributed by atoms with Crippen molar-refractivity contribution < 1.29 is 9.47 Å². The molecule has 1 unspecified atom stereocenters. The van der Waals surface area contributed by atoms with Crippen LogP contribution in [0.3, 0.4) is 0 Å². The van der Waals surface area contributed by atoms with Crippen LogP contribution >= 0.6 is 0 Å². The van der Waals surface area contributed by atoms with Crippen LogP contribution in [0, 0.1) is 5.92 Å². The normalized spacial score (nSPS) is 30.3. The molecule has 3 heterocycles. The van der Waals surface area contributed by atoms with Crippen molar-refractivity contribution in [2.75, 3.05) is 26.8 Å². The van der Waals surface area contributed by atoms with Crippen LogP contribution < -0.4 is 0 Å². The van der Waals surface area contributed by atoms with Gasteiger partial charge >= 0.3 is 0 Å². The van der Waals surface area contributed by atoms with Gasteiger partial charge in [-0.25, -0.2) is 0 Å². The molecule has 0 amide bonds. The Hall–Kier alpha value is -1.32. The maximum Gasteiger partial charge on any atom is 0.125 e. The van der Waals surface area contributed by atoms with Crippen molar-refractivity contribution in [3.05, 3.63) is 47.2 Å². The standard InChI is InChI=1S/C20H27NO2/c1-22-14-20-9-8-19(23-20)13-21-12-15-6-7-18(21)11-17-5-3-2-4-16(17)10-15/h2-5,8,15,18,20H,6-7,9-14H2,1H3/t15-,18+,20?/m1/s1. The Bertz CT molecular complexity index is 583. The Morgan fingerprint density at radius 3 is 2.83 bits per heavy atom. The van der Waals surface area contributed by atoms with Gasteiger partial charge in [-0.15, -0.1) is 0 Å². The number of hydrogen-bond acceptors (Lipinski definition) is 3. The number of hydrogen-bond donors (Lipinski definition) is 0. The van der Waals surface area contributed by atoms with Crippen LogP contribution in [0.15, 0.2) is 36.1 Å². The average Bonchev–Trinajstić information content (AvgIpc) is 2.96. The summed E-state index contributed by atoms with van der Waals surface area (Å²) < 4.78 is 11.3. The molecule has 124 valence electrons. The Labute approximate surface area is 139 Å². The maximum absolute atomic E-state index is 6.05. The quantitative estimate of drug-likeness (QED) is 0.852. The molecule has 3 aliphatic heterocycles. The molecule has 1 aromatic rings. The van der Waals surface area contributed by atoms with E-state index in [-0.39, 0.29) is 6.10 Å². The minimum absolute atomic E-state index is 0.225. The van der Waals surface area contributed by atoms with Crippen molar-refractivity contribution in [2.24, 2.45) is 5.92 Å². The van der Waals surface area contributed by atoms with Gasteiger partial charge < -0.3 is 9.47 Å². The SMILES string of the molecule is COCC1CC=C(CN2C[C@@H]3CC[C@H]2Cc2ccccc2C3)O1. The van der Waals surface area contributed by atoms with Crippen molar-refractivity contribution in [2.45, 2.75) is 44.2 Å². The van der Waals surface area contributed by atoms with E-state index in [4.69, 9.17) is 9.47 Å². The van der Waals surface area contributed by atoms with Crippen molar-refractivity contribution in [3.63, 3.8) is 0 Å². The number of methoxy groups -OCH3 is 1. The number of fused-ring (bicyclic) bond motifs is 2. The summed E-state index contributed by atoms with van der Waals surface area (Å²) in [7, 11) is 1.75. The first kappa shape index (κ1) is 15.2. The zero-order valence-electron chi connectivity index (χ0n) is 14.0. The van der Waals surface area contributed by atoms with E-state index in [1.54, 1.807) is 18.2 Å². The summed E-state index contributed by atoms with van der Waals surface area (Å²) >= 11 is 0. The van der Waals surface area contributed by atoms with E-state index < -0.39 is 0 Å². The fraction of sp³-hybridized carbons (Fsp3) is 0.600. The van der Waals surface area contributed by atoms with Crippen LogP contribution in [0.1, 0.15) is 30.4 Å². The summed E-state index contributed by atoms with van der Waals surface area (Å²) in [5, 5.41) is 0. The molecule has 0 aromatic heterocycles. The summed E-state index contributed by atoms with van der Waals surface area (Å²) in [5.41, 5.74) is 3.14. The van der Waals surface area contributed by atoms with Crippen LogP contribution in [0.4, 0.5) is 0 Å². The zero-order valence-corrected chi connectivity index (χ0v) is 14.0. The zero-order chi connectivity index (χ0) is 15.6. The fourth-order valence-corrected chi connectivity index (χ4v) is 4.46. The Morgan fingerprint density at radius 1 is 1.17 bits per heavy atom. The third-order valence-electron chi connectivity index (χ3n) is 5.64. The molecule has 3 nitrogen and oxygen atoms in total. The summed E-state index contributed by atoms with van der Waals surface area (Å²) in [5.74, 6) is 1.95. The highest BCUT2D eigenvalue weighted by Crippen LogP contribution is 2.33. The van der Waals surface area contributed by atoms with Crippen molar-refractivity contribution in [1.29, 1.82) is 0 Å². The van der Waals surface area contributed by atoms with Gasteiger partial charge in [-0.1, -0.05) is 24.3 Å². The van der Waals surface area contributed by atoms with E-state index in [2.05, 4.69) is 35.2 Å². The minimum Gasteiger partial charge on any atom is -0.491 e. The van der Waals surface area contributed by atoms with Crippen LogP contribution in [0.5, 0.6) is 0 Å². The highest BCUT2D eigenvalue weighted by atomic mass is 16.5. The van der Waals surface area contributed by atoms with Gasteiger partial charge in [0.15, 0.2) is 0 Å². The second-order valence-electron chi connectivity index (χ2n) is 7.30. The van der Waals surface area contributed by atoms with Gasteiger partial charge in [-0.3, -0.25) is 4.90 Å². The summed E-state index contributed by atoms with van der Waals surface area (Å²) in [4.78, 5) is 2.67. The number of rotatable bonds is 4. The third kappa shape index (κ3) is 3.31. The van der Waals surface area contributed by atoms with Crippen molar-refractivity contribution in [1.82, 2.24) is 4.90 Å². The Morgan fingerprint density at radius 2 is 2.00 bits per heavy atom. The molecule has 0 spiro atoms. The first-order valence-corrected chi connectivity index (χ1v) is 8.97. The number of benzene rings is 1. The molecule has 23 heavy (non-hydrogen) atoms. The Balaban J connectivity index is 1.45. The van der Waals surface area contributed by atoms with Gasteiger partial charge in [-0.05, 0) is 48.8 Å². The van der Waals surface area contributed by atoms with Gasteiger partial charge in [0.25, 0.3) is 0 Å². The van der Waals surface area contributed by atoms with Crippen molar-refractivity contribution >= 4 is 0 Å². The van der Waals surface area contributed by atoms with Crippen LogP contribution in [-0.4, -0.2) is 43.9 Å². The molecule has 5 rings (SSSR count). The van der Waals surface area contributed by atoms with Crippen LogP contribution in [0.2, 0.25) is 0 Å². The third-order valence-corrected chi connectivity index (χ3v) is 5.64. The van der Waals surface area contributed by atoms with Crippen molar-refractivity contribution in [3.8, 4) is 0 Å². The highest BCUT2D eigenvalue weighted by molar-refractivity contribution is 5.30. The lowest BCUT2D eigenvalue weighted by Gasteiger charge is -2.42. The lowest BCUT2D eigenvalue weighted by atomic mass is 9.80. The minimum atomic E-state index is 0.225. The first-order valence-electron chi connectivity index (χ1n) is 8.97. The molecule has 0 N–H and O–H groups in total. The number of nitrogens with zero attached hydrogens (tertiary/aromatic N) is 1. The van der Waals surface area contributed by atoms with Gasteiger partial charge in [0.2, 0.25) is 0 Å². The van der Waals surface area contributed by atoms with E-state index in [0.717, 1.165) is 24.6 Å². The van der Waals surface area contributed by atoms with E-state index in [1.807, 2.05) is 0 Å². The lowest BCUT2D eigenvalue weighted by molar-refractivity contribution is 0.0343. The second-order valence-corrected chi connectivity index (χ2v) is 7.30. The van der Waals surface area contributed by atoms with E-state index in [1.165, 1.54) is 32.2 Å². The van der Waals surface area contributed by atoms with E-state index >= 15 is 0 Å². The molecule has 1 aromatic carbocycles. The van der Waals surface area contributed by atoms with Gasteiger partial charge in [0, 0.05) is 26.1 Å². The van der Waals surface area contributed by atoms with Gasteiger partial charge in [0.05, 0.1) is 13.2 Å². The molecule has 2 bridgehead atoms. The number of piperidine rings is 1. The van der Waals surface area contributed by atoms with Gasteiger partial charge in [-0.2, -0.15) is 0 Å². The molecule has 1 fully saturated rings. The topological polar surface area (TPSA) is 21.7 Å². The van der Waals surface area contributed by atoms with Gasteiger partial charge in [0.1, 0.15) is 11.9 Å². The predicted molar refractivity (Wildman–Crippen MR) is 91.4 cm³/mol. The molecule has 3 heteroatoms. The average molecular weight is 313 g/mol. The molecular weight excluding hydrogens is 286 g/mol. The molecule has 0 saturated carbocycles. The molecule has 1 saturated heterocycles. The number of ether oxygens (including phenoxy) is 2. The highest BCUT2D eigenvalue weighted by Gasteiger charge is 2.33.